The molecule has 0 saturated carbocycles. The van der Waals surface area contributed by atoms with E-state index >= 15 is 0 Å². The summed E-state index contributed by atoms with van der Waals surface area (Å²) in [6, 6.07) is 20.5. The molecule has 1 aliphatic rings. The number of nitrogens with zero attached hydrogens (tertiary/aromatic N) is 8. The standard InChI is InChI=1S/C23H25BN4O4S.C17H13IN4O2S/c1-22(2)23(3,4)32-24(31-22)20-15-28(33(29,30)18-9-7-6-8-10-18)21-19(20)11-16(12-25-21)17-13-26-27(5)14-17;1-21-10-13(9-20-21)12-7-15-16(18)11-22(17(15)19-8-12)25(23,24)14-5-3-2-4-6-14/h6-15H,1-5H3;2-11H,1H3. The average molecular weight is 929 g/mol. The van der Waals surface area contributed by atoms with Gasteiger partial charge in [-0.1, -0.05) is 36.4 Å². The Labute approximate surface area is 349 Å². The normalized spacial score (nSPS) is 15.2. The van der Waals surface area contributed by atoms with E-state index in [0.29, 0.717) is 22.1 Å². The van der Waals surface area contributed by atoms with Crippen LogP contribution < -0.4 is 5.46 Å². The van der Waals surface area contributed by atoms with Gasteiger partial charge < -0.3 is 9.31 Å². The van der Waals surface area contributed by atoms with E-state index in [1.54, 1.807) is 107 Å². The van der Waals surface area contributed by atoms with Gasteiger partial charge in [0.25, 0.3) is 20.0 Å². The smallest absolute Gasteiger partial charge is 0.399 e. The van der Waals surface area contributed by atoms with Gasteiger partial charge in [-0.05, 0) is 86.7 Å². The van der Waals surface area contributed by atoms with Gasteiger partial charge in [-0.25, -0.2) is 34.7 Å². The van der Waals surface area contributed by atoms with Crippen LogP contribution in [0, 0.1) is 3.57 Å². The van der Waals surface area contributed by atoms with Gasteiger partial charge in [0.1, 0.15) is 0 Å². The van der Waals surface area contributed by atoms with E-state index in [0.717, 1.165) is 31.2 Å². The van der Waals surface area contributed by atoms with Crippen molar-refractivity contribution in [2.24, 2.45) is 14.1 Å². The van der Waals surface area contributed by atoms with Crippen molar-refractivity contribution in [1.82, 2.24) is 37.5 Å². The van der Waals surface area contributed by atoms with E-state index in [-0.39, 0.29) is 9.79 Å². The Hall–Kier alpha value is -5.15. The van der Waals surface area contributed by atoms with Crippen molar-refractivity contribution < 1.29 is 26.1 Å². The minimum atomic E-state index is -3.88. The Morgan fingerprint density at radius 3 is 1.47 bits per heavy atom. The first-order chi connectivity index (χ1) is 27.5. The van der Waals surface area contributed by atoms with Gasteiger partial charge in [-0.15, -0.1) is 0 Å². The molecule has 18 heteroatoms. The number of aryl methyl sites for hydroxylation is 2. The number of halogens is 1. The molecule has 0 aliphatic carbocycles. The average Bonchev–Trinajstić information content (AvgIpc) is 4.03. The molecule has 0 bridgehead atoms. The third-order valence-electron chi connectivity index (χ3n) is 10.4. The number of fused-ring (bicyclic) bond motifs is 2. The van der Waals surface area contributed by atoms with Crippen LogP contribution in [-0.2, 0) is 43.5 Å². The maximum atomic E-state index is 13.5. The minimum Gasteiger partial charge on any atom is -0.399 e. The van der Waals surface area contributed by atoms with Crippen molar-refractivity contribution in [2.45, 2.75) is 48.7 Å². The van der Waals surface area contributed by atoms with Crippen LogP contribution in [0.5, 0.6) is 0 Å². The molecule has 1 saturated heterocycles. The van der Waals surface area contributed by atoms with Crippen molar-refractivity contribution in [2.75, 3.05) is 0 Å². The molecule has 8 aromatic rings. The van der Waals surface area contributed by atoms with Crippen LogP contribution in [0.3, 0.4) is 0 Å². The van der Waals surface area contributed by atoms with Crippen LogP contribution in [-0.4, -0.2) is 72.6 Å². The second kappa shape index (κ2) is 14.6. The first-order valence-electron chi connectivity index (χ1n) is 18.1. The maximum absolute atomic E-state index is 13.5. The lowest BCUT2D eigenvalue weighted by molar-refractivity contribution is 0.00578. The largest absolute Gasteiger partial charge is 0.497 e. The highest BCUT2D eigenvalue weighted by atomic mass is 127. The fourth-order valence-electron chi connectivity index (χ4n) is 6.54. The summed E-state index contributed by atoms with van der Waals surface area (Å²) in [5.74, 6) is 0. The molecule has 6 aromatic heterocycles. The molecular weight excluding hydrogens is 890 g/mol. The zero-order valence-electron chi connectivity index (χ0n) is 32.3. The SMILES string of the molecule is Cn1cc(-c2cnc3c(c2)c(B2OC(C)(C)C(C)(C)O2)cn3S(=O)(=O)c2ccccc2)cn1.Cn1cc(-c2cnc3c(c2)c(I)cn3S(=O)(=O)c2ccccc2)cn1. The molecule has 0 unspecified atom stereocenters. The molecule has 0 spiro atoms. The predicted octanol–water partition coefficient (Wildman–Crippen LogP) is 6.25. The quantitative estimate of drug-likeness (QED) is 0.132. The molecule has 1 aliphatic heterocycles. The summed E-state index contributed by atoms with van der Waals surface area (Å²) in [5, 5.41) is 9.84. The van der Waals surface area contributed by atoms with Crippen molar-refractivity contribution in [3.8, 4) is 22.3 Å². The minimum absolute atomic E-state index is 0.181. The molecule has 296 valence electrons. The summed E-state index contributed by atoms with van der Waals surface area (Å²) in [6.45, 7) is 7.86. The third-order valence-corrected chi connectivity index (χ3v) is 14.6. The molecule has 7 heterocycles. The first kappa shape index (κ1) is 39.7. The number of aromatic nitrogens is 8. The Kier molecular flexibility index (Phi) is 9.98. The number of rotatable bonds is 7. The van der Waals surface area contributed by atoms with Crippen molar-refractivity contribution >= 4 is 77.3 Å². The highest BCUT2D eigenvalue weighted by Gasteiger charge is 2.52. The summed E-state index contributed by atoms with van der Waals surface area (Å²) in [4.78, 5) is 9.40. The van der Waals surface area contributed by atoms with Crippen LogP contribution >= 0.6 is 22.6 Å². The zero-order chi connectivity index (χ0) is 41.2. The fourth-order valence-corrected chi connectivity index (χ4v) is 10.1. The van der Waals surface area contributed by atoms with E-state index in [9.17, 15) is 16.8 Å². The van der Waals surface area contributed by atoms with Gasteiger partial charge in [0.2, 0.25) is 0 Å². The molecule has 2 aromatic carbocycles. The molecular formula is C40H38BIN8O6S2. The van der Waals surface area contributed by atoms with Crippen LogP contribution in [0.2, 0.25) is 0 Å². The molecule has 0 radical (unpaired) electrons. The number of hydrogen-bond acceptors (Lipinski definition) is 10. The lowest BCUT2D eigenvalue weighted by Gasteiger charge is -2.32. The van der Waals surface area contributed by atoms with Crippen molar-refractivity contribution in [3.63, 3.8) is 0 Å². The van der Waals surface area contributed by atoms with Gasteiger partial charge >= 0.3 is 7.12 Å². The zero-order valence-corrected chi connectivity index (χ0v) is 36.1. The second-order valence-corrected chi connectivity index (χ2v) is 19.7. The molecule has 0 N–H and O–H groups in total. The highest BCUT2D eigenvalue weighted by Crippen LogP contribution is 2.38. The molecule has 9 rings (SSSR count). The summed E-state index contributed by atoms with van der Waals surface area (Å²) in [6.07, 6.45) is 13.8. The van der Waals surface area contributed by atoms with Crippen LogP contribution in [0.15, 0.2) is 132 Å². The first-order valence-corrected chi connectivity index (χ1v) is 22.0. The molecule has 1 fully saturated rings. The highest BCUT2D eigenvalue weighted by molar-refractivity contribution is 14.1. The van der Waals surface area contributed by atoms with E-state index in [1.165, 1.54) is 7.94 Å². The number of hydrogen-bond donors (Lipinski definition) is 0. The summed E-state index contributed by atoms with van der Waals surface area (Å²) < 4.78 is 72.1. The van der Waals surface area contributed by atoms with Gasteiger partial charge in [-0.2, -0.15) is 10.2 Å². The maximum Gasteiger partial charge on any atom is 0.497 e. The van der Waals surface area contributed by atoms with Crippen LogP contribution in [0.25, 0.3) is 44.3 Å². The topological polar surface area (TPSA) is 158 Å². The third kappa shape index (κ3) is 7.05. The predicted molar refractivity (Wildman–Crippen MR) is 230 cm³/mol. The summed E-state index contributed by atoms with van der Waals surface area (Å²) >= 11 is 2.13. The van der Waals surface area contributed by atoms with Crippen molar-refractivity contribution in [3.05, 3.63) is 126 Å². The monoisotopic (exact) mass is 928 g/mol. The van der Waals surface area contributed by atoms with Crippen LogP contribution in [0.4, 0.5) is 0 Å². The van der Waals surface area contributed by atoms with E-state index in [2.05, 4.69) is 42.8 Å². The van der Waals surface area contributed by atoms with E-state index in [1.807, 2.05) is 66.3 Å². The second-order valence-electron chi connectivity index (χ2n) is 14.9. The molecule has 0 amide bonds. The van der Waals surface area contributed by atoms with Gasteiger partial charge in [0, 0.05) is 93.3 Å². The molecule has 14 nitrogen and oxygen atoms in total. The Morgan fingerprint density at radius 1 is 0.586 bits per heavy atom. The summed E-state index contributed by atoms with van der Waals surface area (Å²) in [5.41, 5.74) is 3.74. The van der Waals surface area contributed by atoms with E-state index in [4.69, 9.17) is 9.31 Å². The Morgan fingerprint density at radius 2 is 1.02 bits per heavy atom. The lowest BCUT2D eigenvalue weighted by atomic mass is 9.79. The fraction of sp³-hybridized carbons (Fsp3) is 0.200. The lowest BCUT2D eigenvalue weighted by Crippen LogP contribution is -2.41. The van der Waals surface area contributed by atoms with Crippen LogP contribution in [0.1, 0.15) is 27.7 Å². The van der Waals surface area contributed by atoms with E-state index < -0.39 is 38.4 Å². The number of pyridine rings is 2. The van der Waals surface area contributed by atoms with Crippen molar-refractivity contribution in [1.29, 1.82) is 0 Å². The summed E-state index contributed by atoms with van der Waals surface area (Å²) in [7, 11) is -4.61. The van der Waals surface area contributed by atoms with Gasteiger partial charge in [0.15, 0.2) is 11.3 Å². The van der Waals surface area contributed by atoms with Gasteiger partial charge in [0.05, 0.1) is 33.4 Å². The molecule has 0 atom stereocenters. The molecule has 58 heavy (non-hydrogen) atoms. The number of benzene rings is 2. The van der Waals surface area contributed by atoms with Gasteiger partial charge in [-0.3, -0.25) is 9.36 Å². The Bertz CT molecular complexity index is 3040. The Balaban J connectivity index is 0.000000168.